The average molecular weight is 315 g/mol. The number of nitrogens with two attached hydrogens (primary N) is 1. The lowest BCUT2D eigenvalue weighted by atomic mass is 10.3. The van der Waals surface area contributed by atoms with E-state index in [2.05, 4.69) is 9.46 Å². The minimum atomic E-state index is -3.78. The minimum Gasteiger partial charge on any atom is -0.433 e. The SMILES string of the molecule is CC(N)CNS(=O)(=O)c1ccc(OC(F)F)c(Cl)c1. The molecule has 0 aliphatic rings. The molecule has 1 atom stereocenters. The van der Waals surface area contributed by atoms with Crippen LogP contribution in [0.3, 0.4) is 0 Å². The molecule has 0 spiro atoms. The first-order valence-corrected chi connectivity index (χ1v) is 7.08. The summed E-state index contributed by atoms with van der Waals surface area (Å²) in [6.07, 6.45) is 0. The van der Waals surface area contributed by atoms with Crippen LogP contribution in [0, 0.1) is 0 Å². The van der Waals surface area contributed by atoms with Crippen molar-refractivity contribution in [2.24, 2.45) is 5.73 Å². The average Bonchev–Trinajstić information content (AvgIpc) is 2.28. The molecule has 0 saturated carbocycles. The van der Waals surface area contributed by atoms with Gasteiger partial charge in [0.1, 0.15) is 5.75 Å². The van der Waals surface area contributed by atoms with Crippen molar-refractivity contribution in [3.63, 3.8) is 0 Å². The van der Waals surface area contributed by atoms with Crippen LogP contribution in [0.2, 0.25) is 5.02 Å². The van der Waals surface area contributed by atoms with E-state index in [9.17, 15) is 17.2 Å². The first-order chi connectivity index (χ1) is 8.72. The summed E-state index contributed by atoms with van der Waals surface area (Å²) in [5.74, 6) is -0.289. The lowest BCUT2D eigenvalue weighted by Gasteiger charge is -2.11. The minimum absolute atomic E-state index is 0.0508. The smallest absolute Gasteiger partial charge is 0.387 e. The monoisotopic (exact) mass is 314 g/mol. The van der Waals surface area contributed by atoms with E-state index >= 15 is 0 Å². The maximum atomic E-state index is 12.0. The van der Waals surface area contributed by atoms with E-state index in [1.54, 1.807) is 6.92 Å². The second-order valence-electron chi connectivity index (χ2n) is 3.80. The molecule has 1 aromatic carbocycles. The molecular formula is C10H13ClF2N2O3S. The molecule has 0 bridgehead atoms. The first-order valence-electron chi connectivity index (χ1n) is 5.22. The third-order valence-electron chi connectivity index (χ3n) is 2.03. The summed E-state index contributed by atoms with van der Waals surface area (Å²) in [6.45, 7) is -1.35. The van der Waals surface area contributed by atoms with Crippen LogP contribution in [0.1, 0.15) is 6.92 Å². The number of hydrogen-bond donors (Lipinski definition) is 2. The number of sulfonamides is 1. The fourth-order valence-corrected chi connectivity index (χ4v) is 2.62. The van der Waals surface area contributed by atoms with Crippen LogP contribution < -0.4 is 15.2 Å². The van der Waals surface area contributed by atoms with E-state index in [1.807, 2.05) is 0 Å². The van der Waals surface area contributed by atoms with Crippen molar-refractivity contribution in [1.29, 1.82) is 0 Å². The molecule has 0 radical (unpaired) electrons. The molecule has 0 aliphatic carbocycles. The standard InChI is InChI=1S/C10H13ClF2N2O3S/c1-6(14)5-15-19(16,17)7-2-3-9(8(11)4-7)18-10(12)13/h2-4,6,10,15H,5,14H2,1H3. The first kappa shape index (κ1) is 16.1. The molecule has 19 heavy (non-hydrogen) atoms. The molecule has 0 heterocycles. The molecule has 108 valence electrons. The lowest BCUT2D eigenvalue weighted by molar-refractivity contribution is -0.0498. The Balaban J connectivity index is 2.94. The topological polar surface area (TPSA) is 81.4 Å². The highest BCUT2D eigenvalue weighted by molar-refractivity contribution is 7.89. The van der Waals surface area contributed by atoms with E-state index < -0.39 is 16.6 Å². The summed E-state index contributed by atoms with van der Waals surface area (Å²) in [5.41, 5.74) is 5.43. The zero-order valence-electron chi connectivity index (χ0n) is 9.94. The van der Waals surface area contributed by atoms with Crippen molar-refractivity contribution < 1.29 is 21.9 Å². The fourth-order valence-electron chi connectivity index (χ4n) is 1.16. The molecule has 0 saturated heterocycles. The predicted octanol–water partition coefficient (Wildman–Crippen LogP) is 1.57. The summed E-state index contributed by atoms with van der Waals surface area (Å²) in [7, 11) is -3.78. The number of rotatable bonds is 6. The highest BCUT2D eigenvalue weighted by Crippen LogP contribution is 2.28. The summed E-state index contributed by atoms with van der Waals surface area (Å²) >= 11 is 5.67. The second kappa shape index (κ2) is 6.47. The Morgan fingerprint density at radius 1 is 1.47 bits per heavy atom. The number of halogens is 3. The molecule has 0 amide bonds. The maximum Gasteiger partial charge on any atom is 0.387 e. The van der Waals surface area contributed by atoms with Crippen LogP contribution >= 0.6 is 11.6 Å². The zero-order valence-corrected chi connectivity index (χ0v) is 11.5. The third kappa shape index (κ3) is 4.90. The summed E-state index contributed by atoms with van der Waals surface area (Å²) in [5, 5.41) is -0.219. The van der Waals surface area contributed by atoms with Gasteiger partial charge in [0.15, 0.2) is 0 Å². The third-order valence-corrected chi connectivity index (χ3v) is 3.74. The number of nitrogens with one attached hydrogen (secondary N) is 1. The van der Waals surface area contributed by atoms with E-state index in [0.29, 0.717) is 0 Å². The number of hydrogen-bond acceptors (Lipinski definition) is 4. The van der Waals surface area contributed by atoms with E-state index in [1.165, 1.54) is 0 Å². The van der Waals surface area contributed by atoms with E-state index in [4.69, 9.17) is 17.3 Å². The highest BCUT2D eigenvalue weighted by Gasteiger charge is 2.17. The summed E-state index contributed by atoms with van der Waals surface area (Å²) in [4.78, 5) is -0.153. The molecule has 0 fully saturated rings. The number of ether oxygens (including phenoxy) is 1. The lowest BCUT2D eigenvalue weighted by Crippen LogP contribution is -2.35. The van der Waals surface area contributed by atoms with E-state index in [0.717, 1.165) is 18.2 Å². The molecule has 0 aromatic heterocycles. The number of benzene rings is 1. The Morgan fingerprint density at radius 2 is 2.11 bits per heavy atom. The van der Waals surface area contributed by atoms with Crippen molar-refractivity contribution >= 4 is 21.6 Å². The summed E-state index contributed by atoms with van der Waals surface area (Å²) in [6, 6.07) is 2.86. The van der Waals surface area contributed by atoms with Gasteiger partial charge in [-0.05, 0) is 25.1 Å². The fraction of sp³-hybridized carbons (Fsp3) is 0.400. The van der Waals surface area contributed by atoms with Crippen molar-refractivity contribution in [3.05, 3.63) is 23.2 Å². The van der Waals surface area contributed by atoms with Crippen LogP contribution in [0.5, 0.6) is 5.75 Å². The Bertz CT molecular complexity index is 538. The van der Waals surface area contributed by atoms with Crippen LogP contribution in [0.4, 0.5) is 8.78 Å². The quantitative estimate of drug-likeness (QED) is 0.835. The Morgan fingerprint density at radius 3 is 2.58 bits per heavy atom. The highest BCUT2D eigenvalue weighted by atomic mass is 35.5. The van der Waals surface area contributed by atoms with E-state index in [-0.39, 0.29) is 28.3 Å². The van der Waals surface area contributed by atoms with Gasteiger partial charge in [0.25, 0.3) is 0 Å². The largest absolute Gasteiger partial charge is 0.433 e. The van der Waals surface area contributed by atoms with Gasteiger partial charge < -0.3 is 10.5 Å². The van der Waals surface area contributed by atoms with Gasteiger partial charge in [0.05, 0.1) is 9.92 Å². The van der Waals surface area contributed by atoms with Crippen molar-refractivity contribution in [2.75, 3.05) is 6.54 Å². The molecule has 9 heteroatoms. The van der Waals surface area contributed by atoms with Gasteiger partial charge in [0, 0.05) is 12.6 Å². The second-order valence-corrected chi connectivity index (χ2v) is 5.97. The van der Waals surface area contributed by atoms with Crippen molar-refractivity contribution in [1.82, 2.24) is 4.72 Å². The Kier molecular flexibility index (Phi) is 5.48. The predicted molar refractivity (Wildman–Crippen MR) is 66.9 cm³/mol. The van der Waals surface area contributed by atoms with Crippen molar-refractivity contribution in [3.8, 4) is 5.75 Å². The molecule has 1 rings (SSSR count). The molecule has 1 unspecified atom stereocenters. The van der Waals surface area contributed by atoms with Gasteiger partial charge >= 0.3 is 6.61 Å². The van der Waals surface area contributed by atoms with Crippen LogP contribution in [-0.4, -0.2) is 27.6 Å². The Hall–Kier alpha value is -0.960. The maximum absolute atomic E-state index is 12.0. The normalized spacial score (nSPS) is 13.6. The molecule has 0 aliphatic heterocycles. The van der Waals surface area contributed by atoms with Crippen LogP contribution in [0.15, 0.2) is 23.1 Å². The number of alkyl halides is 2. The van der Waals surface area contributed by atoms with Gasteiger partial charge in [0.2, 0.25) is 10.0 Å². The van der Waals surface area contributed by atoms with Gasteiger partial charge in [-0.15, -0.1) is 0 Å². The van der Waals surface area contributed by atoms with Crippen LogP contribution in [0.25, 0.3) is 0 Å². The van der Waals surface area contributed by atoms with Gasteiger partial charge in [-0.3, -0.25) is 0 Å². The van der Waals surface area contributed by atoms with Crippen molar-refractivity contribution in [2.45, 2.75) is 24.5 Å². The van der Waals surface area contributed by atoms with Gasteiger partial charge in [-0.25, -0.2) is 13.1 Å². The van der Waals surface area contributed by atoms with Gasteiger partial charge in [-0.1, -0.05) is 11.6 Å². The Labute approximate surface area is 114 Å². The molecule has 3 N–H and O–H groups in total. The molecule has 1 aromatic rings. The van der Waals surface area contributed by atoms with Gasteiger partial charge in [-0.2, -0.15) is 8.78 Å². The summed E-state index contributed by atoms with van der Waals surface area (Å²) < 4.78 is 54.0. The zero-order chi connectivity index (χ0) is 14.6. The molecule has 5 nitrogen and oxygen atoms in total. The van der Waals surface area contributed by atoms with Crippen LogP contribution in [-0.2, 0) is 10.0 Å². The molecular weight excluding hydrogens is 302 g/mol.